The molecule has 0 spiro atoms. The molecule has 0 radical (unpaired) electrons. The van der Waals surface area contributed by atoms with Gasteiger partial charge in [0, 0.05) is 23.6 Å². The van der Waals surface area contributed by atoms with Crippen molar-refractivity contribution in [1.29, 1.82) is 0 Å². The zero-order chi connectivity index (χ0) is 12.2. The maximum Gasteiger partial charge on any atom is 0.247 e. The number of imidazole rings is 1. The molecule has 0 aliphatic carbocycles. The summed E-state index contributed by atoms with van der Waals surface area (Å²) in [5.74, 6) is 1.42. The highest BCUT2D eigenvalue weighted by atomic mass is 16.4. The van der Waals surface area contributed by atoms with Gasteiger partial charge < -0.3 is 14.7 Å². The fourth-order valence-electron chi connectivity index (χ4n) is 1.61. The summed E-state index contributed by atoms with van der Waals surface area (Å²) in [6.07, 6.45) is 4.85. The van der Waals surface area contributed by atoms with Crippen molar-refractivity contribution < 1.29 is 4.42 Å². The van der Waals surface area contributed by atoms with Crippen LogP contribution in [-0.4, -0.2) is 20.2 Å². The van der Waals surface area contributed by atoms with Crippen LogP contribution in [0.3, 0.4) is 0 Å². The van der Waals surface area contributed by atoms with Gasteiger partial charge in [0.05, 0.1) is 6.54 Å². The van der Waals surface area contributed by atoms with E-state index in [4.69, 9.17) is 4.42 Å². The first-order valence-corrected chi connectivity index (χ1v) is 5.50. The molecular weight excluding hydrogens is 230 g/mol. The molecule has 18 heavy (non-hydrogen) atoms. The summed E-state index contributed by atoms with van der Waals surface area (Å²) in [6, 6.07) is 7.78. The lowest BCUT2D eigenvalue weighted by Gasteiger charge is -2.04. The minimum atomic E-state index is 0.521. The summed E-state index contributed by atoms with van der Waals surface area (Å²) < 4.78 is 5.12. The third kappa shape index (κ3) is 2.22. The quantitative estimate of drug-likeness (QED) is 0.731. The van der Waals surface area contributed by atoms with E-state index in [1.54, 1.807) is 12.4 Å². The van der Waals surface area contributed by atoms with Crippen LogP contribution >= 0.6 is 0 Å². The van der Waals surface area contributed by atoms with Crippen LogP contribution in [0.25, 0.3) is 11.5 Å². The SMILES string of the molecule is c1c[nH]c(CNc2ccc(-c3nnco3)cc2)n1. The molecular formula is C12H11N5O. The number of H-pyrrole nitrogens is 1. The molecule has 0 aliphatic heterocycles. The topological polar surface area (TPSA) is 79.6 Å². The lowest BCUT2D eigenvalue weighted by Crippen LogP contribution is -2.00. The first-order chi connectivity index (χ1) is 8.92. The van der Waals surface area contributed by atoms with E-state index in [-0.39, 0.29) is 0 Å². The van der Waals surface area contributed by atoms with Crippen LogP contribution in [0.2, 0.25) is 0 Å². The van der Waals surface area contributed by atoms with Gasteiger partial charge in [-0.05, 0) is 24.3 Å². The molecule has 0 saturated carbocycles. The summed E-state index contributed by atoms with van der Waals surface area (Å²) in [5, 5.41) is 10.8. The van der Waals surface area contributed by atoms with Crippen LogP contribution in [0.4, 0.5) is 5.69 Å². The number of benzene rings is 1. The van der Waals surface area contributed by atoms with Crippen molar-refractivity contribution in [3.05, 3.63) is 48.9 Å². The fourth-order valence-corrected chi connectivity index (χ4v) is 1.61. The van der Waals surface area contributed by atoms with Gasteiger partial charge in [-0.3, -0.25) is 0 Å². The second kappa shape index (κ2) is 4.70. The Labute approximate surface area is 103 Å². The first kappa shape index (κ1) is 10.5. The Morgan fingerprint density at radius 3 is 2.78 bits per heavy atom. The number of rotatable bonds is 4. The van der Waals surface area contributed by atoms with Crippen molar-refractivity contribution in [2.45, 2.75) is 6.54 Å². The number of nitrogens with one attached hydrogen (secondary N) is 2. The van der Waals surface area contributed by atoms with E-state index in [0.29, 0.717) is 12.4 Å². The predicted molar refractivity (Wildman–Crippen MR) is 65.6 cm³/mol. The molecule has 0 saturated heterocycles. The number of anilines is 1. The Morgan fingerprint density at radius 1 is 1.22 bits per heavy atom. The van der Waals surface area contributed by atoms with Crippen molar-refractivity contribution in [3.8, 4) is 11.5 Å². The molecule has 3 rings (SSSR count). The normalized spacial score (nSPS) is 10.4. The minimum absolute atomic E-state index is 0.521. The summed E-state index contributed by atoms with van der Waals surface area (Å²) in [4.78, 5) is 7.17. The van der Waals surface area contributed by atoms with Crippen LogP contribution in [0.5, 0.6) is 0 Å². The van der Waals surface area contributed by atoms with Crippen molar-refractivity contribution >= 4 is 5.69 Å². The van der Waals surface area contributed by atoms with E-state index in [2.05, 4.69) is 25.5 Å². The Bertz CT molecular complexity index is 586. The average Bonchev–Trinajstić information content (AvgIpc) is 3.10. The Morgan fingerprint density at radius 2 is 2.11 bits per heavy atom. The summed E-state index contributed by atoms with van der Waals surface area (Å²) in [5.41, 5.74) is 1.91. The van der Waals surface area contributed by atoms with Crippen LogP contribution in [0.15, 0.2) is 47.5 Å². The summed E-state index contributed by atoms with van der Waals surface area (Å²) >= 11 is 0. The van der Waals surface area contributed by atoms with Crippen LogP contribution < -0.4 is 5.32 Å². The van der Waals surface area contributed by atoms with Crippen molar-refractivity contribution in [3.63, 3.8) is 0 Å². The zero-order valence-corrected chi connectivity index (χ0v) is 9.50. The fraction of sp³-hybridized carbons (Fsp3) is 0.0833. The Balaban J connectivity index is 1.68. The number of hydrogen-bond donors (Lipinski definition) is 2. The van der Waals surface area contributed by atoms with Gasteiger partial charge in [-0.1, -0.05) is 0 Å². The van der Waals surface area contributed by atoms with E-state index >= 15 is 0 Å². The highest BCUT2D eigenvalue weighted by molar-refractivity contribution is 5.57. The van der Waals surface area contributed by atoms with Crippen LogP contribution in [0, 0.1) is 0 Å². The number of nitrogens with zero attached hydrogens (tertiary/aromatic N) is 3. The molecule has 0 amide bonds. The molecule has 1 aromatic carbocycles. The average molecular weight is 241 g/mol. The molecule has 0 atom stereocenters. The predicted octanol–water partition coefficient (Wildman–Crippen LogP) is 2.07. The van der Waals surface area contributed by atoms with Gasteiger partial charge in [0.15, 0.2) is 0 Å². The highest BCUT2D eigenvalue weighted by Crippen LogP contribution is 2.18. The van der Waals surface area contributed by atoms with E-state index in [0.717, 1.165) is 17.1 Å². The maximum absolute atomic E-state index is 5.12. The van der Waals surface area contributed by atoms with E-state index < -0.39 is 0 Å². The molecule has 2 N–H and O–H groups in total. The zero-order valence-electron chi connectivity index (χ0n) is 9.50. The summed E-state index contributed by atoms with van der Waals surface area (Å²) in [7, 11) is 0. The molecule has 3 aromatic rings. The van der Waals surface area contributed by atoms with Gasteiger partial charge in [0.25, 0.3) is 0 Å². The third-order valence-electron chi connectivity index (χ3n) is 2.51. The molecule has 0 unspecified atom stereocenters. The van der Waals surface area contributed by atoms with Crippen molar-refractivity contribution in [1.82, 2.24) is 20.2 Å². The molecule has 2 aromatic heterocycles. The van der Waals surface area contributed by atoms with Gasteiger partial charge in [-0.2, -0.15) is 0 Å². The van der Waals surface area contributed by atoms with Crippen molar-refractivity contribution in [2.75, 3.05) is 5.32 Å². The standard InChI is InChI=1S/C12H11N5O/c1-3-10(15-7-11-13-5-6-14-11)4-2-9(1)12-17-16-8-18-12/h1-6,8,15H,7H2,(H,13,14). The van der Waals surface area contributed by atoms with E-state index in [9.17, 15) is 0 Å². The monoisotopic (exact) mass is 241 g/mol. The van der Waals surface area contributed by atoms with Crippen LogP contribution in [0.1, 0.15) is 5.82 Å². The lowest BCUT2D eigenvalue weighted by atomic mass is 10.2. The summed E-state index contributed by atoms with van der Waals surface area (Å²) in [6.45, 7) is 0.660. The molecule has 6 nitrogen and oxygen atoms in total. The lowest BCUT2D eigenvalue weighted by molar-refractivity contribution is 0.568. The van der Waals surface area contributed by atoms with E-state index in [1.807, 2.05) is 24.3 Å². The van der Waals surface area contributed by atoms with Gasteiger partial charge in [-0.15, -0.1) is 10.2 Å². The third-order valence-corrected chi connectivity index (χ3v) is 2.51. The largest absolute Gasteiger partial charge is 0.423 e. The second-order valence-electron chi connectivity index (χ2n) is 3.71. The molecule has 0 fully saturated rings. The van der Waals surface area contributed by atoms with Crippen molar-refractivity contribution in [2.24, 2.45) is 0 Å². The van der Waals surface area contributed by atoms with E-state index in [1.165, 1.54) is 6.39 Å². The smallest absolute Gasteiger partial charge is 0.247 e. The Hall–Kier alpha value is -2.63. The van der Waals surface area contributed by atoms with Gasteiger partial charge in [-0.25, -0.2) is 4.98 Å². The molecule has 2 heterocycles. The van der Waals surface area contributed by atoms with Crippen LogP contribution in [-0.2, 0) is 6.54 Å². The molecule has 0 aliphatic rings. The van der Waals surface area contributed by atoms with Gasteiger partial charge in [0.1, 0.15) is 5.82 Å². The molecule has 6 heteroatoms. The molecule has 0 bridgehead atoms. The second-order valence-corrected chi connectivity index (χ2v) is 3.71. The number of hydrogen-bond acceptors (Lipinski definition) is 5. The highest BCUT2D eigenvalue weighted by Gasteiger charge is 2.02. The maximum atomic E-state index is 5.12. The van der Waals surface area contributed by atoms with Gasteiger partial charge in [0.2, 0.25) is 12.3 Å². The molecule has 90 valence electrons. The first-order valence-electron chi connectivity index (χ1n) is 5.50. The Kier molecular flexibility index (Phi) is 2.75. The number of aromatic nitrogens is 4. The van der Waals surface area contributed by atoms with Gasteiger partial charge >= 0.3 is 0 Å². The minimum Gasteiger partial charge on any atom is -0.423 e. The number of aromatic amines is 1.